The van der Waals surface area contributed by atoms with Crippen LogP contribution in [-0.4, -0.2) is 33.9 Å². The Kier molecular flexibility index (Phi) is 6.76. The molecule has 26 heavy (non-hydrogen) atoms. The van der Waals surface area contributed by atoms with Crippen molar-refractivity contribution >= 4 is 17.6 Å². The van der Waals surface area contributed by atoms with E-state index in [2.05, 4.69) is 10.3 Å². The number of pyridine rings is 1. The summed E-state index contributed by atoms with van der Waals surface area (Å²) in [5.74, 6) is 0.177. The van der Waals surface area contributed by atoms with Crippen LogP contribution >= 0.6 is 0 Å². The Balaban J connectivity index is 1.78. The van der Waals surface area contributed by atoms with E-state index in [0.717, 1.165) is 5.56 Å². The zero-order chi connectivity index (χ0) is 19.1. The van der Waals surface area contributed by atoms with Gasteiger partial charge in [-0.2, -0.15) is 0 Å². The Morgan fingerprint density at radius 3 is 2.65 bits per heavy atom. The minimum atomic E-state index is -1.19. The summed E-state index contributed by atoms with van der Waals surface area (Å²) in [4.78, 5) is 15.6. The number of nitrogens with two attached hydrogens (primary N) is 2. The van der Waals surface area contributed by atoms with Crippen LogP contribution in [0.3, 0.4) is 0 Å². The Hall–Kier alpha value is -2.84. The van der Waals surface area contributed by atoms with Gasteiger partial charge in [-0.25, -0.2) is 9.78 Å². The highest BCUT2D eigenvalue weighted by atomic mass is 16.5. The number of anilines is 2. The molecule has 8 nitrogen and oxygen atoms in total. The van der Waals surface area contributed by atoms with E-state index in [4.69, 9.17) is 16.2 Å². The Morgan fingerprint density at radius 1 is 1.27 bits per heavy atom. The largest absolute Gasteiger partial charge is 0.445 e. The standard InChI is InChI=1S/C18H24N4O4/c1-11-13(9-22-17(20)15(11)19)16(24)14(23)7-8-21-18(25)26-10-12-5-3-2-4-6-12/h2-6,9,14,16,23-24H,7-8,10,19H2,1H3,(H2,20,22)(H,21,25). The molecular formula is C18H24N4O4. The van der Waals surface area contributed by atoms with Crippen LogP contribution in [0.4, 0.5) is 16.3 Å². The Morgan fingerprint density at radius 2 is 1.96 bits per heavy atom. The predicted molar refractivity (Wildman–Crippen MR) is 98.0 cm³/mol. The van der Waals surface area contributed by atoms with Crippen LogP contribution in [0, 0.1) is 6.92 Å². The van der Waals surface area contributed by atoms with Crippen LogP contribution in [0.2, 0.25) is 0 Å². The van der Waals surface area contributed by atoms with Crippen molar-refractivity contribution in [2.24, 2.45) is 0 Å². The van der Waals surface area contributed by atoms with Crippen LogP contribution < -0.4 is 16.8 Å². The quantitative estimate of drug-likeness (QED) is 0.500. The first-order valence-corrected chi connectivity index (χ1v) is 8.21. The van der Waals surface area contributed by atoms with Crippen LogP contribution in [0.5, 0.6) is 0 Å². The molecule has 7 N–H and O–H groups in total. The first-order valence-electron chi connectivity index (χ1n) is 8.21. The number of nitrogens with one attached hydrogen (secondary N) is 1. The lowest BCUT2D eigenvalue weighted by atomic mass is 9.98. The highest BCUT2D eigenvalue weighted by molar-refractivity contribution is 5.67. The molecule has 0 spiro atoms. The molecular weight excluding hydrogens is 336 g/mol. The summed E-state index contributed by atoms with van der Waals surface area (Å²) >= 11 is 0. The zero-order valence-corrected chi connectivity index (χ0v) is 14.6. The van der Waals surface area contributed by atoms with Crippen molar-refractivity contribution in [1.82, 2.24) is 10.3 Å². The summed E-state index contributed by atoms with van der Waals surface area (Å²) in [5.41, 5.74) is 13.5. The van der Waals surface area contributed by atoms with Gasteiger partial charge >= 0.3 is 6.09 Å². The van der Waals surface area contributed by atoms with Gasteiger partial charge in [0.2, 0.25) is 0 Å². The fourth-order valence-electron chi connectivity index (χ4n) is 2.41. The van der Waals surface area contributed by atoms with E-state index in [9.17, 15) is 15.0 Å². The number of rotatable bonds is 7. The van der Waals surface area contributed by atoms with E-state index in [1.807, 2.05) is 30.3 Å². The first-order chi connectivity index (χ1) is 12.4. The number of aliphatic hydroxyl groups is 2. The van der Waals surface area contributed by atoms with Crippen LogP contribution in [0.25, 0.3) is 0 Å². The molecule has 1 aromatic heterocycles. The highest BCUT2D eigenvalue weighted by Gasteiger charge is 2.22. The second-order valence-electron chi connectivity index (χ2n) is 5.93. The normalized spacial score (nSPS) is 13.0. The van der Waals surface area contributed by atoms with Crippen molar-refractivity contribution in [3.05, 3.63) is 53.2 Å². The fourth-order valence-corrected chi connectivity index (χ4v) is 2.41. The van der Waals surface area contributed by atoms with Gasteiger partial charge in [0, 0.05) is 18.3 Å². The summed E-state index contributed by atoms with van der Waals surface area (Å²) in [5, 5.41) is 22.9. The molecule has 0 radical (unpaired) electrons. The Labute approximate surface area is 151 Å². The molecule has 2 unspecified atom stereocenters. The number of benzene rings is 1. The molecule has 0 saturated heterocycles. The molecule has 2 atom stereocenters. The van der Waals surface area contributed by atoms with Crippen LogP contribution in [0.1, 0.15) is 29.2 Å². The Bertz CT molecular complexity index is 739. The number of aliphatic hydroxyl groups excluding tert-OH is 2. The second-order valence-corrected chi connectivity index (χ2v) is 5.93. The molecule has 0 aliphatic heterocycles. The smallest absolute Gasteiger partial charge is 0.407 e. The summed E-state index contributed by atoms with van der Waals surface area (Å²) in [6, 6.07) is 9.29. The third kappa shape index (κ3) is 5.08. The molecule has 2 aromatic rings. The first kappa shape index (κ1) is 19.5. The summed E-state index contributed by atoms with van der Waals surface area (Å²) in [6.07, 6.45) is -1.37. The molecule has 140 valence electrons. The lowest BCUT2D eigenvalue weighted by Gasteiger charge is -2.20. The number of nitrogens with zero attached hydrogens (tertiary/aromatic N) is 1. The summed E-state index contributed by atoms with van der Waals surface area (Å²) in [7, 11) is 0. The number of alkyl carbamates (subject to hydrolysis) is 1. The third-order valence-electron chi connectivity index (χ3n) is 4.06. The van der Waals surface area contributed by atoms with Crippen LogP contribution in [-0.2, 0) is 11.3 Å². The van der Waals surface area contributed by atoms with Gasteiger partial charge < -0.3 is 31.7 Å². The molecule has 1 aromatic carbocycles. The molecule has 0 aliphatic carbocycles. The lowest BCUT2D eigenvalue weighted by Crippen LogP contribution is -2.30. The number of carbonyl (C=O) groups is 1. The number of hydrogen-bond acceptors (Lipinski definition) is 7. The topological polar surface area (TPSA) is 144 Å². The summed E-state index contributed by atoms with van der Waals surface area (Å²) in [6.45, 7) is 1.99. The fraction of sp³-hybridized carbons (Fsp3) is 0.333. The minimum Gasteiger partial charge on any atom is -0.445 e. The van der Waals surface area contributed by atoms with E-state index in [0.29, 0.717) is 11.1 Å². The molecule has 2 rings (SSSR count). The van der Waals surface area contributed by atoms with Crippen molar-refractivity contribution in [3.63, 3.8) is 0 Å². The monoisotopic (exact) mass is 360 g/mol. The van der Waals surface area contributed by atoms with Gasteiger partial charge in [0.15, 0.2) is 0 Å². The van der Waals surface area contributed by atoms with E-state index >= 15 is 0 Å². The van der Waals surface area contributed by atoms with E-state index < -0.39 is 18.3 Å². The number of ether oxygens (including phenoxy) is 1. The maximum absolute atomic E-state index is 11.7. The second kappa shape index (κ2) is 9.02. The van der Waals surface area contributed by atoms with Gasteiger partial charge in [-0.3, -0.25) is 0 Å². The van der Waals surface area contributed by atoms with Gasteiger partial charge in [-0.15, -0.1) is 0 Å². The van der Waals surface area contributed by atoms with Crippen molar-refractivity contribution < 1.29 is 19.7 Å². The number of aromatic nitrogens is 1. The van der Waals surface area contributed by atoms with Crippen molar-refractivity contribution in [3.8, 4) is 0 Å². The number of carbonyl (C=O) groups excluding carboxylic acids is 1. The molecule has 0 fully saturated rings. The maximum atomic E-state index is 11.7. The predicted octanol–water partition coefficient (Wildman–Crippen LogP) is 1.27. The summed E-state index contributed by atoms with van der Waals surface area (Å²) < 4.78 is 5.07. The average Bonchev–Trinajstić information content (AvgIpc) is 2.65. The highest BCUT2D eigenvalue weighted by Crippen LogP contribution is 2.27. The van der Waals surface area contributed by atoms with Crippen LogP contribution in [0.15, 0.2) is 36.5 Å². The molecule has 8 heteroatoms. The van der Waals surface area contributed by atoms with E-state index in [-0.39, 0.29) is 31.1 Å². The molecule has 1 amide bonds. The molecule has 0 bridgehead atoms. The zero-order valence-electron chi connectivity index (χ0n) is 14.6. The van der Waals surface area contributed by atoms with Crippen molar-refractivity contribution in [2.45, 2.75) is 32.2 Å². The van der Waals surface area contributed by atoms with Gasteiger partial charge in [0.1, 0.15) is 18.5 Å². The number of nitrogen functional groups attached to an aromatic ring is 2. The maximum Gasteiger partial charge on any atom is 0.407 e. The average molecular weight is 360 g/mol. The molecule has 0 saturated carbocycles. The van der Waals surface area contributed by atoms with Crippen molar-refractivity contribution in [1.29, 1.82) is 0 Å². The number of amides is 1. The molecule has 1 heterocycles. The lowest BCUT2D eigenvalue weighted by molar-refractivity contribution is 0.0131. The van der Waals surface area contributed by atoms with E-state index in [1.165, 1.54) is 6.20 Å². The van der Waals surface area contributed by atoms with Gasteiger partial charge in [-0.1, -0.05) is 30.3 Å². The minimum absolute atomic E-state index is 0.130. The van der Waals surface area contributed by atoms with Crippen molar-refractivity contribution in [2.75, 3.05) is 18.0 Å². The molecule has 0 aliphatic rings. The van der Waals surface area contributed by atoms with Gasteiger partial charge in [0.25, 0.3) is 0 Å². The van der Waals surface area contributed by atoms with Gasteiger partial charge in [-0.05, 0) is 24.5 Å². The SMILES string of the molecule is Cc1c(C(O)C(O)CCNC(=O)OCc2ccccc2)cnc(N)c1N. The van der Waals surface area contributed by atoms with Gasteiger partial charge in [0.05, 0.1) is 11.8 Å². The third-order valence-corrected chi connectivity index (χ3v) is 4.06. The van der Waals surface area contributed by atoms with E-state index in [1.54, 1.807) is 6.92 Å². The number of hydrogen-bond donors (Lipinski definition) is 5.